The highest BCUT2D eigenvalue weighted by molar-refractivity contribution is 5.92. The number of nitrogens with zero attached hydrogens (tertiary/aromatic N) is 1. The molecule has 2 unspecified atom stereocenters. The Morgan fingerprint density at radius 2 is 2.20 bits per heavy atom. The Bertz CT molecular complexity index is 536. The Kier molecular flexibility index (Phi) is 4.29. The van der Waals surface area contributed by atoms with Crippen LogP contribution in [0.3, 0.4) is 0 Å². The highest BCUT2D eigenvalue weighted by Crippen LogP contribution is 2.26. The first-order valence-electron chi connectivity index (χ1n) is 6.47. The average Bonchev–Trinajstić information content (AvgIpc) is 2.40. The number of carbonyl (C=O) groups excluding carboxylic acids is 1. The first-order valence-corrected chi connectivity index (χ1v) is 6.47. The zero-order chi connectivity index (χ0) is 14.7. The molecule has 1 fully saturated rings. The number of hydrogen-bond acceptors (Lipinski definition) is 4. The minimum Gasteiger partial charge on any atom is -0.328 e. The van der Waals surface area contributed by atoms with E-state index in [1.54, 1.807) is 0 Å². The molecule has 0 heterocycles. The Morgan fingerprint density at radius 3 is 2.80 bits per heavy atom. The van der Waals surface area contributed by atoms with Gasteiger partial charge in [0, 0.05) is 18.0 Å². The van der Waals surface area contributed by atoms with Crippen LogP contribution >= 0.6 is 0 Å². The van der Waals surface area contributed by atoms with E-state index in [2.05, 4.69) is 5.32 Å². The molecule has 3 N–H and O–H groups in total. The van der Waals surface area contributed by atoms with E-state index in [9.17, 15) is 19.3 Å². The normalized spacial score (nSPS) is 22.3. The molecular weight excluding hydrogens is 265 g/mol. The molecule has 2 atom stereocenters. The van der Waals surface area contributed by atoms with Gasteiger partial charge >= 0.3 is 0 Å². The molecular formula is C13H16FN3O3. The van der Waals surface area contributed by atoms with Gasteiger partial charge in [-0.05, 0) is 25.3 Å². The molecule has 0 radical (unpaired) electrons. The molecule has 1 aromatic carbocycles. The SMILES string of the molecule is NC1CCCC(C(=O)Nc2ccc([N+](=O)[O-])cc2F)C1. The molecule has 0 aromatic heterocycles. The minimum absolute atomic E-state index is 0.00112. The van der Waals surface area contributed by atoms with Crippen molar-refractivity contribution < 1.29 is 14.1 Å². The molecule has 0 aliphatic heterocycles. The molecule has 0 bridgehead atoms. The Balaban J connectivity index is 2.06. The van der Waals surface area contributed by atoms with Gasteiger partial charge in [-0.2, -0.15) is 0 Å². The summed E-state index contributed by atoms with van der Waals surface area (Å²) in [6.07, 6.45) is 3.09. The lowest BCUT2D eigenvalue weighted by Gasteiger charge is -2.25. The Hall–Kier alpha value is -2.02. The second-order valence-electron chi connectivity index (χ2n) is 5.03. The summed E-state index contributed by atoms with van der Waals surface area (Å²) < 4.78 is 13.7. The average molecular weight is 281 g/mol. The van der Waals surface area contributed by atoms with Crippen LogP contribution in [0.25, 0.3) is 0 Å². The molecule has 20 heavy (non-hydrogen) atoms. The summed E-state index contributed by atoms with van der Waals surface area (Å²) in [6.45, 7) is 0. The summed E-state index contributed by atoms with van der Waals surface area (Å²) in [5, 5.41) is 13.0. The maximum Gasteiger partial charge on any atom is 0.272 e. The van der Waals surface area contributed by atoms with Gasteiger partial charge in [-0.1, -0.05) is 6.42 Å². The van der Waals surface area contributed by atoms with Gasteiger partial charge < -0.3 is 11.1 Å². The van der Waals surface area contributed by atoms with Gasteiger partial charge in [0.25, 0.3) is 5.69 Å². The quantitative estimate of drug-likeness (QED) is 0.655. The van der Waals surface area contributed by atoms with Crippen molar-refractivity contribution in [1.29, 1.82) is 0 Å². The van der Waals surface area contributed by atoms with Crippen molar-refractivity contribution in [3.05, 3.63) is 34.1 Å². The monoisotopic (exact) mass is 281 g/mol. The molecule has 2 rings (SSSR count). The summed E-state index contributed by atoms with van der Waals surface area (Å²) >= 11 is 0. The largest absolute Gasteiger partial charge is 0.328 e. The lowest BCUT2D eigenvalue weighted by Crippen LogP contribution is -2.34. The maximum absolute atomic E-state index is 13.7. The lowest BCUT2D eigenvalue weighted by molar-refractivity contribution is -0.385. The van der Waals surface area contributed by atoms with Crippen molar-refractivity contribution in [3.8, 4) is 0 Å². The molecule has 7 heteroatoms. The third-order valence-corrected chi connectivity index (χ3v) is 3.51. The first-order chi connectivity index (χ1) is 9.47. The van der Waals surface area contributed by atoms with E-state index in [-0.39, 0.29) is 29.2 Å². The van der Waals surface area contributed by atoms with Crippen molar-refractivity contribution in [3.63, 3.8) is 0 Å². The summed E-state index contributed by atoms with van der Waals surface area (Å²) in [7, 11) is 0. The number of rotatable bonds is 3. The number of amides is 1. The predicted octanol–water partition coefficient (Wildman–Crippen LogP) is 2.19. The van der Waals surface area contributed by atoms with Crippen LogP contribution in [0.15, 0.2) is 18.2 Å². The van der Waals surface area contributed by atoms with Crippen molar-refractivity contribution in [2.24, 2.45) is 11.7 Å². The van der Waals surface area contributed by atoms with Gasteiger partial charge in [-0.3, -0.25) is 14.9 Å². The van der Waals surface area contributed by atoms with Crippen LogP contribution in [0.4, 0.5) is 15.8 Å². The smallest absolute Gasteiger partial charge is 0.272 e. The minimum atomic E-state index is -0.812. The van der Waals surface area contributed by atoms with E-state index >= 15 is 0 Å². The maximum atomic E-state index is 13.7. The van der Waals surface area contributed by atoms with Crippen LogP contribution in [0.5, 0.6) is 0 Å². The van der Waals surface area contributed by atoms with Gasteiger partial charge in [-0.25, -0.2) is 4.39 Å². The summed E-state index contributed by atoms with van der Waals surface area (Å²) in [5.41, 5.74) is 5.42. The second-order valence-corrected chi connectivity index (χ2v) is 5.03. The molecule has 1 aromatic rings. The molecule has 108 valence electrons. The fourth-order valence-corrected chi connectivity index (χ4v) is 2.42. The molecule has 1 saturated carbocycles. The number of nitro benzene ring substituents is 1. The number of hydrogen-bond donors (Lipinski definition) is 2. The first kappa shape index (κ1) is 14.4. The van der Waals surface area contributed by atoms with Gasteiger partial charge in [0.15, 0.2) is 5.82 Å². The van der Waals surface area contributed by atoms with Gasteiger partial charge in [-0.15, -0.1) is 0 Å². The Morgan fingerprint density at radius 1 is 1.45 bits per heavy atom. The Labute approximate surface area is 115 Å². The molecule has 1 aliphatic carbocycles. The standard InChI is InChI=1S/C13H16FN3O3/c14-11-7-10(17(19)20)4-5-12(11)16-13(18)8-2-1-3-9(15)6-8/h4-5,7-9H,1-3,6,15H2,(H,16,18). The van der Waals surface area contributed by atoms with E-state index in [0.717, 1.165) is 31.4 Å². The second kappa shape index (κ2) is 5.96. The van der Waals surface area contributed by atoms with Crippen molar-refractivity contribution in [1.82, 2.24) is 0 Å². The third-order valence-electron chi connectivity index (χ3n) is 3.51. The summed E-state index contributed by atoms with van der Waals surface area (Å²) in [5.74, 6) is -1.33. The van der Waals surface area contributed by atoms with Crippen LogP contribution < -0.4 is 11.1 Å². The van der Waals surface area contributed by atoms with E-state index in [0.29, 0.717) is 6.42 Å². The third kappa shape index (κ3) is 3.30. The van der Waals surface area contributed by atoms with Crippen LogP contribution in [0.2, 0.25) is 0 Å². The van der Waals surface area contributed by atoms with E-state index < -0.39 is 10.7 Å². The summed E-state index contributed by atoms with van der Waals surface area (Å²) in [6, 6.07) is 3.16. The number of halogens is 1. The lowest BCUT2D eigenvalue weighted by atomic mass is 9.85. The topological polar surface area (TPSA) is 98.3 Å². The predicted molar refractivity (Wildman–Crippen MR) is 71.6 cm³/mol. The van der Waals surface area contributed by atoms with Crippen molar-refractivity contribution in [2.75, 3.05) is 5.32 Å². The zero-order valence-corrected chi connectivity index (χ0v) is 10.8. The number of nitrogens with two attached hydrogens (primary N) is 1. The fourth-order valence-electron chi connectivity index (χ4n) is 2.42. The van der Waals surface area contributed by atoms with Gasteiger partial charge in [0.05, 0.1) is 16.7 Å². The number of nitro groups is 1. The highest BCUT2D eigenvalue weighted by Gasteiger charge is 2.26. The van der Waals surface area contributed by atoms with Crippen LogP contribution in [-0.2, 0) is 4.79 Å². The number of nitrogens with one attached hydrogen (secondary N) is 1. The van der Waals surface area contributed by atoms with Crippen LogP contribution in [0.1, 0.15) is 25.7 Å². The van der Waals surface area contributed by atoms with Crippen molar-refractivity contribution >= 4 is 17.3 Å². The molecule has 0 spiro atoms. The fraction of sp³-hybridized carbons (Fsp3) is 0.462. The molecule has 1 amide bonds. The summed E-state index contributed by atoms with van der Waals surface area (Å²) in [4.78, 5) is 21.8. The van der Waals surface area contributed by atoms with E-state index in [1.165, 1.54) is 6.07 Å². The molecule has 6 nitrogen and oxygen atoms in total. The van der Waals surface area contributed by atoms with Crippen LogP contribution in [0, 0.1) is 21.8 Å². The van der Waals surface area contributed by atoms with Crippen molar-refractivity contribution in [2.45, 2.75) is 31.7 Å². The van der Waals surface area contributed by atoms with E-state index in [4.69, 9.17) is 5.73 Å². The van der Waals surface area contributed by atoms with Gasteiger partial charge in [0.1, 0.15) is 0 Å². The zero-order valence-electron chi connectivity index (χ0n) is 10.8. The molecule has 1 aliphatic rings. The highest BCUT2D eigenvalue weighted by atomic mass is 19.1. The number of carbonyl (C=O) groups is 1. The number of non-ortho nitro benzene ring substituents is 1. The van der Waals surface area contributed by atoms with Gasteiger partial charge in [0.2, 0.25) is 5.91 Å². The molecule has 0 saturated heterocycles. The number of benzene rings is 1. The van der Waals surface area contributed by atoms with Crippen LogP contribution in [-0.4, -0.2) is 16.9 Å². The number of anilines is 1. The van der Waals surface area contributed by atoms with E-state index in [1.807, 2.05) is 0 Å².